The van der Waals surface area contributed by atoms with Crippen LogP contribution in [-0.4, -0.2) is 59.0 Å². The molecule has 30 heavy (non-hydrogen) atoms. The summed E-state index contributed by atoms with van der Waals surface area (Å²) in [6.45, 7) is 2.58. The number of fused-ring (bicyclic) bond motifs is 1. The number of amides is 1. The molecular weight excluding hydrogens is 438 g/mol. The number of hydrogen-bond donors (Lipinski definition) is 0. The largest absolute Gasteiger partial charge is 0.338 e. The number of hydrogen-bond acceptors (Lipinski definition) is 7. The monoisotopic (exact) mass is 461 g/mol. The van der Waals surface area contributed by atoms with Gasteiger partial charge in [0, 0.05) is 23.5 Å². The fourth-order valence-corrected chi connectivity index (χ4v) is 7.38. The molecule has 0 saturated carbocycles. The van der Waals surface area contributed by atoms with Gasteiger partial charge in [0.05, 0.1) is 22.6 Å². The zero-order valence-electron chi connectivity index (χ0n) is 16.7. The summed E-state index contributed by atoms with van der Waals surface area (Å²) in [5.74, 6) is 0.434. The Labute approximate surface area is 184 Å². The lowest BCUT2D eigenvalue weighted by Crippen LogP contribution is -2.42. The fourth-order valence-electron chi connectivity index (χ4n) is 3.77. The Bertz CT molecular complexity index is 1150. The SMILES string of the molecule is CCCN(C(=O)CSc1ncnc2scc(-c3ccccc3)c12)C1CCS(=O)(=O)C1. The van der Waals surface area contributed by atoms with Crippen molar-refractivity contribution in [3.63, 3.8) is 0 Å². The summed E-state index contributed by atoms with van der Waals surface area (Å²) in [6, 6.07) is 9.87. The lowest BCUT2D eigenvalue weighted by molar-refractivity contribution is -0.130. The second-order valence-electron chi connectivity index (χ2n) is 7.31. The number of rotatable bonds is 7. The summed E-state index contributed by atoms with van der Waals surface area (Å²) in [7, 11) is -3.04. The van der Waals surface area contributed by atoms with E-state index in [1.54, 1.807) is 16.2 Å². The molecule has 1 amide bonds. The molecule has 0 spiro atoms. The molecule has 0 aliphatic carbocycles. The van der Waals surface area contributed by atoms with Gasteiger partial charge in [-0.2, -0.15) is 0 Å². The van der Waals surface area contributed by atoms with Crippen LogP contribution in [0.25, 0.3) is 21.3 Å². The number of aromatic nitrogens is 2. The molecule has 1 saturated heterocycles. The van der Waals surface area contributed by atoms with Crippen molar-refractivity contribution in [3.05, 3.63) is 42.0 Å². The second-order valence-corrected chi connectivity index (χ2v) is 11.4. The van der Waals surface area contributed by atoms with Gasteiger partial charge in [0.1, 0.15) is 16.2 Å². The minimum Gasteiger partial charge on any atom is -0.338 e. The van der Waals surface area contributed by atoms with Gasteiger partial charge >= 0.3 is 0 Å². The van der Waals surface area contributed by atoms with E-state index in [1.807, 2.05) is 25.1 Å². The zero-order valence-corrected chi connectivity index (χ0v) is 19.1. The molecule has 6 nitrogen and oxygen atoms in total. The third-order valence-electron chi connectivity index (χ3n) is 5.19. The number of nitrogens with zero attached hydrogens (tertiary/aromatic N) is 3. The minimum atomic E-state index is -3.04. The van der Waals surface area contributed by atoms with Crippen molar-refractivity contribution in [2.24, 2.45) is 0 Å². The van der Waals surface area contributed by atoms with Crippen LogP contribution >= 0.6 is 23.1 Å². The van der Waals surface area contributed by atoms with E-state index < -0.39 is 9.84 Å². The van der Waals surface area contributed by atoms with E-state index in [0.29, 0.717) is 13.0 Å². The Morgan fingerprint density at radius 2 is 2.07 bits per heavy atom. The quantitative estimate of drug-likeness (QED) is 0.392. The number of carbonyl (C=O) groups excluding carboxylic acids is 1. The molecule has 3 aromatic rings. The molecule has 1 aliphatic rings. The van der Waals surface area contributed by atoms with Crippen LogP contribution < -0.4 is 0 Å². The van der Waals surface area contributed by atoms with E-state index >= 15 is 0 Å². The van der Waals surface area contributed by atoms with Crippen LogP contribution in [0.1, 0.15) is 19.8 Å². The molecule has 0 N–H and O–H groups in total. The molecule has 1 aliphatic heterocycles. The van der Waals surface area contributed by atoms with Crippen LogP contribution in [0.2, 0.25) is 0 Å². The average Bonchev–Trinajstić information content (AvgIpc) is 3.34. The maximum absolute atomic E-state index is 13.0. The van der Waals surface area contributed by atoms with Crippen molar-refractivity contribution in [3.8, 4) is 11.1 Å². The Morgan fingerprint density at radius 1 is 1.27 bits per heavy atom. The summed E-state index contributed by atoms with van der Waals surface area (Å²) < 4.78 is 23.8. The van der Waals surface area contributed by atoms with E-state index in [4.69, 9.17) is 0 Å². The van der Waals surface area contributed by atoms with Gasteiger partial charge in [-0.25, -0.2) is 18.4 Å². The van der Waals surface area contributed by atoms with Crippen LogP contribution in [-0.2, 0) is 14.6 Å². The first-order chi connectivity index (χ1) is 14.5. The number of thiophene rings is 1. The Balaban J connectivity index is 1.55. The summed E-state index contributed by atoms with van der Waals surface area (Å²) in [4.78, 5) is 24.5. The van der Waals surface area contributed by atoms with Crippen molar-refractivity contribution in [1.29, 1.82) is 0 Å². The normalized spacial score (nSPS) is 18.0. The van der Waals surface area contributed by atoms with E-state index in [9.17, 15) is 13.2 Å². The zero-order chi connectivity index (χ0) is 21.1. The third-order valence-corrected chi connectivity index (χ3v) is 8.80. The molecule has 1 unspecified atom stereocenters. The topological polar surface area (TPSA) is 80.2 Å². The first-order valence-corrected chi connectivity index (χ1v) is 13.6. The molecule has 9 heteroatoms. The molecule has 1 atom stereocenters. The van der Waals surface area contributed by atoms with Crippen LogP contribution in [0.5, 0.6) is 0 Å². The summed E-state index contributed by atoms with van der Waals surface area (Å²) in [6.07, 6.45) is 2.86. The second kappa shape index (κ2) is 9.03. The predicted molar refractivity (Wildman–Crippen MR) is 123 cm³/mol. The highest BCUT2D eigenvalue weighted by Gasteiger charge is 2.34. The average molecular weight is 462 g/mol. The lowest BCUT2D eigenvalue weighted by atomic mass is 10.1. The van der Waals surface area contributed by atoms with Gasteiger partial charge in [0.15, 0.2) is 9.84 Å². The van der Waals surface area contributed by atoms with Gasteiger partial charge < -0.3 is 4.90 Å². The smallest absolute Gasteiger partial charge is 0.233 e. The highest BCUT2D eigenvalue weighted by molar-refractivity contribution is 8.00. The van der Waals surface area contributed by atoms with Crippen LogP contribution in [0.3, 0.4) is 0 Å². The molecule has 3 heterocycles. The van der Waals surface area contributed by atoms with Gasteiger partial charge in [-0.05, 0) is 18.4 Å². The molecule has 2 aromatic heterocycles. The number of carbonyl (C=O) groups is 1. The Kier molecular flexibility index (Phi) is 6.40. The summed E-state index contributed by atoms with van der Waals surface area (Å²) >= 11 is 2.96. The molecular formula is C21H23N3O3S3. The third kappa shape index (κ3) is 4.53. The van der Waals surface area contributed by atoms with E-state index in [-0.39, 0.29) is 29.2 Å². The maximum atomic E-state index is 13.0. The highest BCUT2D eigenvalue weighted by Crippen LogP contribution is 2.37. The van der Waals surface area contributed by atoms with E-state index in [2.05, 4.69) is 27.5 Å². The molecule has 4 rings (SSSR count). The molecule has 1 fully saturated rings. The Morgan fingerprint density at radius 3 is 2.77 bits per heavy atom. The van der Waals surface area contributed by atoms with Crippen molar-refractivity contribution in [1.82, 2.24) is 14.9 Å². The molecule has 0 bridgehead atoms. The number of sulfone groups is 1. The van der Waals surface area contributed by atoms with Crippen LogP contribution in [0.4, 0.5) is 0 Å². The minimum absolute atomic E-state index is 0.0350. The lowest BCUT2D eigenvalue weighted by Gasteiger charge is -2.27. The van der Waals surface area contributed by atoms with E-state index in [1.165, 1.54) is 18.1 Å². The van der Waals surface area contributed by atoms with Gasteiger partial charge in [-0.1, -0.05) is 49.0 Å². The van der Waals surface area contributed by atoms with Crippen molar-refractivity contribution in [2.75, 3.05) is 23.8 Å². The number of benzene rings is 1. The van der Waals surface area contributed by atoms with Gasteiger partial charge in [0.25, 0.3) is 0 Å². The standard InChI is InChI=1S/C21H23N3O3S3/c1-2-9-24(16-8-10-30(26,27)13-16)18(25)12-29-21-19-17(15-6-4-3-5-7-15)11-28-20(19)22-14-23-21/h3-7,11,14,16H,2,8-10,12-13H2,1H3. The van der Waals surface area contributed by atoms with Gasteiger partial charge in [-0.15, -0.1) is 11.3 Å². The summed E-state index contributed by atoms with van der Waals surface area (Å²) in [5, 5.41) is 3.83. The first-order valence-electron chi connectivity index (χ1n) is 9.89. The predicted octanol–water partition coefficient (Wildman–Crippen LogP) is 3.88. The van der Waals surface area contributed by atoms with Gasteiger partial charge in [-0.3, -0.25) is 4.79 Å². The maximum Gasteiger partial charge on any atom is 0.233 e. The van der Waals surface area contributed by atoms with Crippen LogP contribution in [0.15, 0.2) is 47.1 Å². The van der Waals surface area contributed by atoms with Crippen LogP contribution in [0, 0.1) is 0 Å². The van der Waals surface area contributed by atoms with E-state index in [0.717, 1.165) is 32.8 Å². The fraction of sp³-hybridized carbons (Fsp3) is 0.381. The van der Waals surface area contributed by atoms with Gasteiger partial charge in [0.2, 0.25) is 5.91 Å². The first kappa shape index (κ1) is 21.3. The van der Waals surface area contributed by atoms with Crippen molar-refractivity contribution >= 4 is 49.1 Å². The summed E-state index contributed by atoms with van der Waals surface area (Å²) in [5.41, 5.74) is 2.16. The Hall–Kier alpha value is -1.97. The van der Waals surface area contributed by atoms with Crippen molar-refractivity contribution < 1.29 is 13.2 Å². The number of thioether (sulfide) groups is 1. The molecule has 158 valence electrons. The molecule has 0 radical (unpaired) electrons. The molecule has 1 aromatic carbocycles. The highest BCUT2D eigenvalue weighted by atomic mass is 32.2. The van der Waals surface area contributed by atoms with Crippen molar-refractivity contribution in [2.45, 2.75) is 30.8 Å².